The first-order valence-electron chi connectivity index (χ1n) is 8.98. The molecule has 0 saturated heterocycles. The number of nitrogens with zero attached hydrogens (tertiary/aromatic N) is 2. The number of aromatic nitrogens is 2. The molecule has 8 heteroatoms. The van der Waals surface area contributed by atoms with Gasteiger partial charge in [-0.3, -0.25) is 13.7 Å². The Bertz CT molecular complexity index is 883. The number of rotatable bonds is 6. The standard InChI is InChI=1S/C18H25N3O4S/c1-3-21-17(15-6-4-5-7-16(15)20-21)18(22)19-14-10-8-13(9-11-14)12-25-26(2,23)24/h4-7,13-14H,3,8-12H2,1-2H3,(H,19,22). The van der Waals surface area contributed by atoms with Crippen LogP contribution in [0.15, 0.2) is 24.3 Å². The maximum Gasteiger partial charge on any atom is 0.270 e. The lowest BCUT2D eigenvalue weighted by Gasteiger charge is -2.28. The molecule has 1 aromatic carbocycles. The van der Waals surface area contributed by atoms with E-state index in [1.54, 1.807) is 4.68 Å². The molecular formula is C18H25N3O4S. The smallest absolute Gasteiger partial charge is 0.270 e. The molecule has 2 aromatic rings. The Labute approximate surface area is 153 Å². The summed E-state index contributed by atoms with van der Waals surface area (Å²) < 4.78 is 28.8. The average Bonchev–Trinajstić information content (AvgIpc) is 2.99. The summed E-state index contributed by atoms with van der Waals surface area (Å²) in [5, 5.41) is 8.47. The first-order valence-corrected chi connectivity index (χ1v) is 10.8. The van der Waals surface area contributed by atoms with Crippen LogP contribution in [0.4, 0.5) is 0 Å². The van der Waals surface area contributed by atoms with E-state index >= 15 is 0 Å². The Morgan fingerprint density at radius 2 is 1.96 bits per heavy atom. The number of carbonyl (C=O) groups is 1. The van der Waals surface area contributed by atoms with Gasteiger partial charge >= 0.3 is 0 Å². The molecule has 1 amide bonds. The van der Waals surface area contributed by atoms with Crippen molar-refractivity contribution in [3.05, 3.63) is 30.0 Å². The summed E-state index contributed by atoms with van der Waals surface area (Å²) in [5.41, 5.74) is 1.42. The molecule has 1 heterocycles. The predicted octanol–water partition coefficient (Wildman–Crippen LogP) is 2.32. The molecule has 1 aromatic heterocycles. The highest BCUT2D eigenvalue weighted by atomic mass is 32.2. The van der Waals surface area contributed by atoms with Crippen LogP contribution in [0.5, 0.6) is 0 Å². The SMILES string of the molecule is CCn1nc2ccccc2c1C(=O)NC1CCC(COS(C)(=O)=O)CC1. The molecule has 1 saturated carbocycles. The van der Waals surface area contributed by atoms with Gasteiger partial charge < -0.3 is 5.32 Å². The van der Waals surface area contributed by atoms with Crippen LogP contribution in [-0.2, 0) is 20.8 Å². The lowest BCUT2D eigenvalue weighted by atomic mass is 9.86. The number of fused-ring (bicyclic) bond motifs is 1. The lowest BCUT2D eigenvalue weighted by molar-refractivity contribution is 0.0908. The van der Waals surface area contributed by atoms with Crippen LogP contribution >= 0.6 is 0 Å². The van der Waals surface area contributed by atoms with E-state index in [1.165, 1.54) is 0 Å². The third-order valence-electron chi connectivity index (χ3n) is 4.86. The van der Waals surface area contributed by atoms with E-state index in [0.717, 1.165) is 42.8 Å². The third kappa shape index (κ3) is 4.42. The summed E-state index contributed by atoms with van der Waals surface area (Å²) in [6.45, 7) is 2.83. The van der Waals surface area contributed by atoms with Crippen LogP contribution in [0.25, 0.3) is 10.9 Å². The Hall–Kier alpha value is -1.93. The fourth-order valence-corrected chi connectivity index (χ4v) is 3.94. The minimum absolute atomic E-state index is 0.0935. The van der Waals surface area contributed by atoms with Gasteiger partial charge in [0.15, 0.2) is 0 Å². The zero-order chi connectivity index (χ0) is 18.7. The summed E-state index contributed by atoms with van der Waals surface area (Å²) in [7, 11) is -3.39. The monoisotopic (exact) mass is 379 g/mol. The van der Waals surface area contributed by atoms with Crippen molar-refractivity contribution in [3.8, 4) is 0 Å². The topological polar surface area (TPSA) is 90.3 Å². The van der Waals surface area contributed by atoms with E-state index in [1.807, 2.05) is 31.2 Å². The molecule has 142 valence electrons. The maximum absolute atomic E-state index is 12.8. The Morgan fingerprint density at radius 3 is 2.62 bits per heavy atom. The minimum atomic E-state index is -3.39. The van der Waals surface area contributed by atoms with E-state index in [9.17, 15) is 13.2 Å². The van der Waals surface area contributed by atoms with Crippen LogP contribution in [0.1, 0.15) is 43.1 Å². The van der Waals surface area contributed by atoms with E-state index in [4.69, 9.17) is 4.18 Å². The molecular weight excluding hydrogens is 354 g/mol. The van der Waals surface area contributed by atoms with Gasteiger partial charge in [0.2, 0.25) is 0 Å². The van der Waals surface area contributed by atoms with E-state index < -0.39 is 10.1 Å². The van der Waals surface area contributed by atoms with Gasteiger partial charge in [-0.25, -0.2) is 0 Å². The van der Waals surface area contributed by atoms with Crippen molar-refractivity contribution < 1.29 is 17.4 Å². The molecule has 0 aliphatic heterocycles. The van der Waals surface area contributed by atoms with Crippen molar-refractivity contribution >= 4 is 26.9 Å². The first kappa shape index (κ1) is 18.8. The van der Waals surface area contributed by atoms with Gasteiger partial charge in [0.25, 0.3) is 16.0 Å². The number of hydrogen-bond acceptors (Lipinski definition) is 5. The number of hydrogen-bond donors (Lipinski definition) is 1. The predicted molar refractivity (Wildman–Crippen MR) is 99.4 cm³/mol. The highest BCUT2D eigenvalue weighted by Gasteiger charge is 2.26. The number of nitrogens with one attached hydrogen (secondary N) is 1. The van der Waals surface area contributed by atoms with Gasteiger partial charge in [0.1, 0.15) is 5.69 Å². The van der Waals surface area contributed by atoms with Crippen LogP contribution in [0.2, 0.25) is 0 Å². The molecule has 1 N–H and O–H groups in total. The van der Waals surface area contributed by atoms with Crippen molar-refractivity contribution in [1.29, 1.82) is 0 Å². The number of carbonyl (C=O) groups excluding carboxylic acids is 1. The van der Waals surface area contributed by atoms with E-state index in [-0.39, 0.29) is 24.5 Å². The van der Waals surface area contributed by atoms with Crippen molar-refractivity contribution in [2.75, 3.05) is 12.9 Å². The van der Waals surface area contributed by atoms with Crippen molar-refractivity contribution in [3.63, 3.8) is 0 Å². The molecule has 0 atom stereocenters. The second-order valence-electron chi connectivity index (χ2n) is 6.86. The second-order valence-corrected chi connectivity index (χ2v) is 8.51. The fourth-order valence-electron chi connectivity index (χ4n) is 3.50. The summed E-state index contributed by atoms with van der Waals surface area (Å²) in [6.07, 6.45) is 4.39. The molecule has 3 rings (SSSR count). The molecule has 0 spiro atoms. The molecule has 0 radical (unpaired) electrons. The van der Waals surface area contributed by atoms with Crippen LogP contribution in [0, 0.1) is 5.92 Å². The van der Waals surface area contributed by atoms with Gasteiger partial charge in [-0.05, 0) is 44.6 Å². The zero-order valence-corrected chi connectivity index (χ0v) is 16.0. The highest BCUT2D eigenvalue weighted by Crippen LogP contribution is 2.26. The normalized spacial score (nSPS) is 21.0. The van der Waals surface area contributed by atoms with Crippen LogP contribution in [-0.4, -0.2) is 43.0 Å². The Kier molecular flexibility index (Phi) is 5.62. The number of amides is 1. The van der Waals surface area contributed by atoms with Gasteiger partial charge in [-0.15, -0.1) is 0 Å². The zero-order valence-electron chi connectivity index (χ0n) is 15.1. The third-order valence-corrected chi connectivity index (χ3v) is 5.42. The van der Waals surface area contributed by atoms with Crippen molar-refractivity contribution in [2.24, 2.45) is 5.92 Å². The Balaban J connectivity index is 1.62. The largest absolute Gasteiger partial charge is 0.348 e. The van der Waals surface area contributed by atoms with E-state index in [2.05, 4.69) is 10.4 Å². The maximum atomic E-state index is 12.8. The van der Waals surface area contributed by atoms with Gasteiger partial charge in [-0.2, -0.15) is 13.5 Å². The molecule has 1 fully saturated rings. The average molecular weight is 379 g/mol. The highest BCUT2D eigenvalue weighted by molar-refractivity contribution is 7.85. The summed E-state index contributed by atoms with van der Waals surface area (Å²) in [5.74, 6) is 0.122. The molecule has 1 aliphatic rings. The van der Waals surface area contributed by atoms with Gasteiger partial charge in [0.05, 0.1) is 18.4 Å². The van der Waals surface area contributed by atoms with Gasteiger partial charge in [0, 0.05) is 18.0 Å². The summed E-state index contributed by atoms with van der Waals surface area (Å²) >= 11 is 0. The number of benzene rings is 1. The van der Waals surface area contributed by atoms with Gasteiger partial charge in [-0.1, -0.05) is 18.2 Å². The summed E-state index contributed by atoms with van der Waals surface area (Å²) in [6, 6.07) is 7.75. The Morgan fingerprint density at radius 1 is 1.27 bits per heavy atom. The lowest BCUT2D eigenvalue weighted by Crippen LogP contribution is -2.39. The second kappa shape index (κ2) is 7.75. The fraction of sp³-hybridized carbons (Fsp3) is 0.556. The first-order chi connectivity index (χ1) is 12.4. The van der Waals surface area contributed by atoms with Crippen molar-refractivity contribution in [1.82, 2.24) is 15.1 Å². The number of aryl methyl sites for hydroxylation is 1. The summed E-state index contributed by atoms with van der Waals surface area (Å²) in [4.78, 5) is 12.8. The molecule has 26 heavy (non-hydrogen) atoms. The van der Waals surface area contributed by atoms with Crippen LogP contribution < -0.4 is 5.32 Å². The molecule has 1 aliphatic carbocycles. The molecule has 0 bridgehead atoms. The van der Waals surface area contributed by atoms with E-state index in [0.29, 0.717) is 12.2 Å². The minimum Gasteiger partial charge on any atom is -0.348 e. The molecule has 7 nitrogen and oxygen atoms in total. The quantitative estimate of drug-likeness (QED) is 0.778. The molecule has 0 unspecified atom stereocenters. The van der Waals surface area contributed by atoms with Crippen molar-refractivity contribution in [2.45, 2.75) is 45.2 Å². The van der Waals surface area contributed by atoms with Crippen LogP contribution in [0.3, 0.4) is 0 Å².